The third-order valence-electron chi connectivity index (χ3n) is 5.84. The molecule has 10 nitrogen and oxygen atoms in total. The van der Waals surface area contributed by atoms with Gasteiger partial charge >= 0.3 is 0 Å². The third-order valence-corrected chi connectivity index (χ3v) is 6.13. The summed E-state index contributed by atoms with van der Waals surface area (Å²) in [6.45, 7) is 3.52. The molecule has 0 spiro atoms. The predicted octanol–water partition coefficient (Wildman–Crippen LogP) is 3.55. The molecule has 3 heterocycles. The summed E-state index contributed by atoms with van der Waals surface area (Å²) in [4.78, 5) is 13.4. The van der Waals surface area contributed by atoms with E-state index in [2.05, 4.69) is 37.0 Å². The zero-order valence-corrected chi connectivity index (χ0v) is 20.4. The molecule has 1 atom stereocenters. The van der Waals surface area contributed by atoms with Crippen LogP contribution in [0.5, 0.6) is 5.88 Å². The van der Waals surface area contributed by atoms with E-state index in [1.165, 1.54) is 7.11 Å². The number of nitriles is 1. The Morgan fingerprint density at radius 3 is 2.83 bits per heavy atom. The number of aromatic nitrogens is 3. The molecule has 2 aromatic heterocycles. The zero-order chi connectivity index (χ0) is 25.0. The lowest BCUT2D eigenvalue weighted by atomic mass is 9.83. The van der Waals surface area contributed by atoms with Crippen LogP contribution >= 0.6 is 11.6 Å². The summed E-state index contributed by atoms with van der Waals surface area (Å²) >= 11 is 6.40. The van der Waals surface area contributed by atoms with Gasteiger partial charge in [0, 0.05) is 37.4 Å². The highest BCUT2D eigenvalue weighted by Gasteiger charge is 2.36. The molecule has 1 unspecified atom stereocenters. The van der Waals surface area contributed by atoms with Crippen molar-refractivity contribution < 1.29 is 14.6 Å². The minimum atomic E-state index is -0.486. The maximum absolute atomic E-state index is 9.96. The summed E-state index contributed by atoms with van der Waals surface area (Å²) in [6.07, 6.45) is 1.62. The van der Waals surface area contributed by atoms with Crippen LogP contribution in [0.4, 0.5) is 23.1 Å². The number of nitrogens with zero attached hydrogens (tertiary/aromatic N) is 4. The van der Waals surface area contributed by atoms with Crippen LogP contribution < -0.4 is 20.7 Å². The molecular weight excluding hydrogens is 470 g/mol. The molecule has 0 aliphatic carbocycles. The van der Waals surface area contributed by atoms with Crippen LogP contribution in [0.3, 0.4) is 0 Å². The second-order valence-electron chi connectivity index (χ2n) is 8.32. The van der Waals surface area contributed by atoms with Crippen LogP contribution in [0.2, 0.25) is 5.02 Å². The number of hydrogen-bond donors (Lipinski definition) is 4. The van der Waals surface area contributed by atoms with Crippen molar-refractivity contribution in [3.8, 4) is 23.2 Å². The lowest BCUT2D eigenvalue weighted by molar-refractivity contribution is 0.210. The Labute approximate surface area is 208 Å². The number of nitrogens with one attached hydrogen (secondary N) is 3. The number of methoxy groups -OCH3 is 2. The van der Waals surface area contributed by atoms with Gasteiger partial charge in [-0.2, -0.15) is 10.2 Å². The van der Waals surface area contributed by atoms with Crippen LogP contribution in [-0.4, -0.2) is 60.6 Å². The van der Waals surface area contributed by atoms with Crippen molar-refractivity contribution in [1.29, 1.82) is 5.26 Å². The highest BCUT2D eigenvalue weighted by Crippen LogP contribution is 2.41. The van der Waals surface area contributed by atoms with E-state index in [1.54, 1.807) is 31.5 Å². The number of rotatable bonds is 9. The topological polar surface area (TPSA) is 137 Å². The monoisotopic (exact) mass is 495 g/mol. The number of aliphatic hydroxyl groups is 1. The van der Waals surface area contributed by atoms with Gasteiger partial charge in [0.05, 0.1) is 42.3 Å². The van der Waals surface area contributed by atoms with Crippen molar-refractivity contribution in [1.82, 2.24) is 15.0 Å². The summed E-state index contributed by atoms with van der Waals surface area (Å²) in [5, 5.41) is 29.5. The first kappa shape index (κ1) is 24.5. The van der Waals surface area contributed by atoms with Gasteiger partial charge in [0.2, 0.25) is 11.8 Å². The van der Waals surface area contributed by atoms with Gasteiger partial charge in [0.15, 0.2) is 0 Å². The first-order chi connectivity index (χ1) is 16.9. The van der Waals surface area contributed by atoms with Gasteiger partial charge in [0.1, 0.15) is 17.6 Å². The molecule has 1 aromatic carbocycles. The summed E-state index contributed by atoms with van der Waals surface area (Å²) in [5.41, 5.74) is 3.51. The van der Waals surface area contributed by atoms with Gasteiger partial charge in [-0.05, 0) is 29.8 Å². The summed E-state index contributed by atoms with van der Waals surface area (Å²) < 4.78 is 10.5. The summed E-state index contributed by atoms with van der Waals surface area (Å²) in [6, 6.07) is 9.42. The molecular formula is C24H26ClN7O3. The molecule has 11 heteroatoms. The fourth-order valence-corrected chi connectivity index (χ4v) is 4.10. The van der Waals surface area contributed by atoms with Crippen LogP contribution in [-0.2, 0) is 10.2 Å². The number of fused-ring (bicyclic) bond motifs is 1. The second-order valence-corrected chi connectivity index (χ2v) is 8.72. The molecule has 4 N–H and O–H groups in total. The molecule has 0 amide bonds. The standard InChI is InChI=1S/C24H26ClN7O3/c1-24(13-33)12-29-20-15(11-26)8-14(9-16(20)24)18-4-5-28-23(30-18)31-19-10-17(25)21(27-6-7-34-2)32-22(19)35-3/h4-5,8-10,29,33H,6-7,12-13H2,1-3H3,(H,27,32)(H,28,30,31). The Bertz CT molecular complexity index is 1280. The molecule has 0 bridgehead atoms. The van der Waals surface area contributed by atoms with Crippen molar-refractivity contribution in [2.24, 2.45) is 0 Å². The van der Waals surface area contributed by atoms with Crippen LogP contribution in [0, 0.1) is 11.3 Å². The fraction of sp³-hybridized carbons (Fsp3) is 0.333. The highest BCUT2D eigenvalue weighted by molar-refractivity contribution is 6.33. The van der Waals surface area contributed by atoms with Crippen molar-refractivity contribution in [3.63, 3.8) is 0 Å². The second kappa shape index (κ2) is 10.3. The Kier molecular flexibility index (Phi) is 7.21. The van der Waals surface area contributed by atoms with Crippen LogP contribution in [0.1, 0.15) is 18.1 Å². The molecule has 182 valence electrons. The number of ether oxygens (including phenoxy) is 2. The largest absolute Gasteiger partial charge is 0.479 e. The highest BCUT2D eigenvalue weighted by atomic mass is 35.5. The predicted molar refractivity (Wildman–Crippen MR) is 135 cm³/mol. The molecule has 4 rings (SSSR count). The Morgan fingerprint density at radius 2 is 2.11 bits per heavy atom. The lowest BCUT2D eigenvalue weighted by Crippen LogP contribution is -2.28. The number of benzene rings is 1. The number of hydrogen-bond acceptors (Lipinski definition) is 10. The minimum absolute atomic E-state index is 0.0399. The summed E-state index contributed by atoms with van der Waals surface area (Å²) in [5.74, 6) is 1.10. The van der Waals surface area contributed by atoms with E-state index in [9.17, 15) is 10.4 Å². The van der Waals surface area contributed by atoms with Crippen LogP contribution in [0.15, 0.2) is 30.5 Å². The number of aliphatic hydroxyl groups excluding tert-OH is 1. The normalized spacial score (nSPS) is 16.2. The van der Waals surface area contributed by atoms with E-state index in [4.69, 9.17) is 21.1 Å². The number of halogens is 1. The van der Waals surface area contributed by atoms with Crippen molar-refractivity contribution >= 4 is 34.7 Å². The van der Waals surface area contributed by atoms with Crippen molar-refractivity contribution in [2.45, 2.75) is 12.3 Å². The number of anilines is 4. The third kappa shape index (κ3) is 4.93. The van der Waals surface area contributed by atoms with Gasteiger partial charge < -0.3 is 30.5 Å². The molecule has 0 radical (unpaired) electrons. The molecule has 3 aromatic rings. The van der Waals surface area contributed by atoms with E-state index in [0.717, 1.165) is 16.8 Å². The molecule has 0 fully saturated rings. The molecule has 1 aliphatic rings. The molecule has 0 saturated heterocycles. The van der Waals surface area contributed by atoms with E-state index < -0.39 is 5.41 Å². The average molecular weight is 496 g/mol. The van der Waals surface area contributed by atoms with E-state index in [1.807, 2.05) is 13.0 Å². The SMILES string of the molecule is COCCNc1nc(OC)c(Nc2nccc(-c3cc(C#N)c4c(c3)C(C)(CO)CN4)n2)cc1Cl. The maximum atomic E-state index is 9.96. The Morgan fingerprint density at radius 1 is 1.29 bits per heavy atom. The van der Waals surface area contributed by atoms with Gasteiger partial charge in [-0.1, -0.05) is 18.5 Å². The maximum Gasteiger partial charge on any atom is 0.239 e. The van der Waals surface area contributed by atoms with E-state index >= 15 is 0 Å². The van der Waals surface area contributed by atoms with E-state index in [-0.39, 0.29) is 6.61 Å². The molecule has 35 heavy (non-hydrogen) atoms. The summed E-state index contributed by atoms with van der Waals surface area (Å²) in [7, 11) is 3.13. The van der Waals surface area contributed by atoms with Crippen molar-refractivity contribution in [3.05, 3.63) is 46.6 Å². The lowest BCUT2D eigenvalue weighted by Gasteiger charge is -2.21. The van der Waals surface area contributed by atoms with Crippen LogP contribution in [0.25, 0.3) is 11.3 Å². The van der Waals surface area contributed by atoms with Gasteiger partial charge in [0.25, 0.3) is 0 Å². The zero-order valence-electron chi connectivity index (χ0n) is 19.6. The van der Waals surface area contributed by atoms with E-state index in [0.29, 0.717) is 59.3 Å². The van der Waals surface area contributed by atoms with Crippen molar-refractivity contribution in [2.75, 3.05) is 56.5 Å². The average Bonchev–Trinajstić information content (AvgIpc) is 3.22. The molecule has 0 saturated carbocycles. The first-order valence-corrected chi connectivity index (χ1v) is 11.3. The Hall–Kier alpha value is -3.65. The van der Waals surface area contributed by atoms with Gasteiger partial charge in [-0.25, -0.2) is 9.97 Å². The molecule has 1 aliphatic heterocycles. The number of pyridine rings is 1. The first-order valence-electron chi connectivity index (χ1n) is 10.9. The van der Waals surface area contributed by atoms with Gasteiger partial charge in [-0.15, -0.1) is 0 Å². The van der Waals surface area contributed by atoms with Gasteiger partial charge in [-0.3, -0.25) is 0 Å². The minimum Gasteiger partial charge on any atom is -0.479 e. The Balaban J connectivity index is 1.66. The smallest absolute Gasteiger partial charge is 0.239 e. The quantitative estimate of drug-likeness (QED) is 0.326. The fourth-order valence-electron chi connectivity index (χ4n) is 3.88.